The van der Waals surface area contributed by atoms with Gasteiger partial charge in [0, 0.05) is 39.6 Å². The first kappa shape index (κ1) is 15.5. The van der Waals surface area contributed by atoms with Gasteiger partial charge in [-0.05, 0) is 0 Å². The number of fused-ring (bicyclic) bond motifs is 1. The molecule has 2 rings (SSSR count). The second-order valence-corrected chi connectivity index (χ2v) is 4.85. The van der Waals surface area contributed by atoms with Gasteiger partial charge in [0.25, 0.3) is 0 Å². The lowest BCUT2D eigenvalue weighted by Gasteiger charge is -2.22. The molecule has 0 radical (unpaired) electrons. The Morgan fingerprint density at radius 2 is 2.29 bits per heavy atom. The number of hydrogen-bond donors (Lipinski definition) is 4. The Morgan fingerprint density at radius 1 is 1.43 bits per heavy atom. The standard InChI is InChI=1S/C13H21N5O3/c1-21-5-4-14-12(19)2-3-15-13(20)10-6-9-11(7-16-10)18-8-17-9/h8,10,16H,2-7H2,1H3,(H,14,19)(H,15,20)(H,17,18). The van der Waals surface area contributed by atoms with Crippen molar-refractivity contribution in [2.45, 2.75) is 25.4 Å². The number of ether oxygens (including phenoxy) is 1. The molecule has 4 N–H and O–H groups in total. The van der Waals surface area contributed by atoms with E-state index < -0.39 is 0 Å². The fourth-order valence-electron chi connectivity index (χ4n) is 2.16. The predicted molar refractivity (Wildman–Crippen MR) is 75.4 cm³/mol. The highest BCUT2D eigenvalue weighted by atomic mass is 16.5. The van der Waals surface area contributed by atoms with Crippen molar-refractivity contribution in [2.24, 2.45) is 0 Å². The van der Waals surface area contributed by atoms with Crippen LogP contribution in [-0.4, -0.2) is 54.6 Å². The van der Waals surface area contributed by atoms with Gasteiger partial charge in [0.15, 0.2) is 0 Å². The lowest BCUT2D eigenvalue weighted by molar-refractivity contribution is -0.124. The van der Waals surface area contributed by atoms with Crippen molar-refractivity contribution in [3.05, 3.63) is 17.7 Å². The number of amides is 2. The summed E-state index contributed by atoms with van der Waals surface area (Å²) in [4.78, 5) is 30.7. The van der Waals surface area contributed by atoms with Gasteiger partial charge in [-0.2, -0.15) is 0 Å². The summed E-state index contributed by atoms with van der Waals surface area (Å²) in [5.74, 6) is -0.202. The topological polar surface area (TPSA) is 108 Å². The Balaban J connectivity index is 1.65. The lowest BCUT2D eigenvalue weighted by atomic mass is 10.0. The van der Waals surface area contributed by atoms with Gasteiger partial charge >= 0.3 is 0 Å². The van der Waals surface area contributed by atoms with Crippen molar-refractivity contribution in [1.82, 2.24) is 25.9 Å². The smallest absolute Gasteiger partial charge is 0.237 e. The number of carbonyl (C=O) groups is 2. The largest absolute Gasteiger partial charge is 0.383 e. The Morgan fingerprint density at radius 3 is 3.10 bits per heavy atom. The molecule has 1 unspecified atom stereocenters. The third kappa shape index (κ3) is 4.54. The van der Waals surface area contributed by atoms with E-state index in [0.29, 0.717) is 32.7 Å². The van der Waals surface area contributed by atoms with Gasteiger partial charge in [0.1, 0.15) is 0 Å². The number of nitrogens with zero attached hydrogens (tertiary/aromatic N) is 1. The summed E-state index contributed by atoms with van der Waals surface area (Å²) in [5.41, 5.74) is 1.95. The highest BCUT2D eigenvalue weighted by Gasteiger charge is 2.25. The van der Waals surface area contributed by atoms with Crippen LogP contribution < -0.4 is 16.0 Å². The Hall–Kier alpha value is -1.93. The van der Waals surface area contributed by atoms with E-state index in [1.807, 2.05) is 0 Å². The van der Waals surface area contributed by atoms with Crippen LogP contribution in [0.1, 0.15) is 17.8 Å². The Kier molecular flexibility index (Phi) is 5.70. The molecule has 1 atom stereocenters. The molecule has 0 saturated heterocycles. The molecule has 0 saturated carbocycles. The van der Waals surface area contributed by atoms with Gasteiger partial charge < -0.3 is 20.4 Å². The molecule has 116 valence electrons. The average Bonchev–Trinajstić information content (AvgIpc) is 2.94. The maximum Gasteiger partial charge on any atom is 0.237 e. The van der Waals surface area contributed by atoms with E-state index in [2.05, 4.69) is 25.9 Å². The number of nitrogens with one attached hydrogen (secondary N) is 4. The third-order valence-corrected chi connectivity index (χ3v) is 3.33. The highest BCUT2D eigenvalue weighted by molar-refractivity contribution is 5.83. The summed E-state index contributed by atoms with van der Waals surface area (Å²) >= 11 is 0. The fraction of sp³-hybridized carbons (Fsp3) is 0.615. The zero-order chi connectivity index (χ0) is 15.1. The molecule has 8 nitrogen and oxygen atoms in total. The summed E-state index contributed by atoms with van der Waals surface area (Å²) in [5, 5.41) is 8.61. The van der Waals surface area contributed by atoms with E-state index in [9.17, 15) is 9.59 Å². The van der Waals surface area contributed by atoms with Gasteiger partial charge in [0.05, 0.1) is 30.4 Å². The van der Waals surface area contributed by atoms with Crippen molar-refractivity contribution >= 4 is 11.8 Å². The predicted octanol–water partition coefficient (Wildman–Crippen LogP) is -1.31. The van der Waals surface area contributed by atoms with Crippen LogP contribution in [0.15, 0.2) is 6.33 Å². The monoisotopic (exact) mass is 295 g/mol. The molecule has 21 heavy (non-hydrogen) atoms. The number of H-pyrrole nitrogens is 1. The van der Waals surface area contributed by atoms with Gasteiger partial charge in [-0.25, -0.2) is 4.98 Å². The maximum atomic E-state index is 12.0. The Bertz CT molecular complexity index is 488. The molecule has 1 aliphatic heterocycles. The van der Waals surface area contributed by atoms with Crippen molar-refractivity contribution in [1.29, 1.82) is 0 Å². The first-order chi connectivity index (χ1) is 10.2. The van der Waals surface area contributed by atoms with Gasteiger partial charge in [-0.15, -0.1) is 0 Å². The van der Waals surface area contributed by atoms with Gasteiger partial charge in [0.2, 0.25) is 11.8 Å². The zero-order valence-electron chi connectivity index (χ0n) is 12.1. The SMILES string of the molecule is COCCNC(=O)CCNC(=O)C1Cc2nc[nH]c2CN1. The first-order valence-electron chi connectivity index (χ1n) is 6.98. The fourth-order valence-corrected chi connectivity index (χ4v) is 2.16. The molecule has 0 aromatic carbocycles. The van der Waals surface area contributed by atoms with Crippen LogP contribution in [0.3, 0.4) is 0 Å². The van der Waals surface area contributed by atoms with E-state index >= 15 is 0 Å². The van der Waals surface area contributed by atoms with Crippen LogP contribution in [0.25, 0.3) is 0 Å². The second-order valence-electron chi connectivity index (χ2n) is 4.85. The van der Waals surface area contributed by atoms with E-state index in [0.717, 1.165) is 11.4 Å². The van der Waals surface area contributed by atoms with Crippen molar-refractivity contribution in [3.8, 4) is 0 Å². The summed E-state index contributed by atoms with van der Waals surface area (Å²) < 4.78 is 4.84. The van der Waals surface area contributed by atoms with Gasteiger partial charge in [-0.1, -0.05) is 0 Å². The minimum atomic E-state index is -0.294. The quantitative estimate of drug-likeness (QED) is 0.467. The number of methoxy groups -OCH3 is 1. The minimum Gasteiger partial charge on any atom is -0.383 e. The van der Waals surface area contributed by atoms with Crippen molar-refractivity contribution in [3.63, 3.8) is 0 Å². The van der Waals surface area contributed by atoms with Crippen LogP contribution >= 0.6 is 0 Å². The third-order valence-electron chi connectivity index (χ3n) is 3.33. The molecule has 8 heteroatoms. The summed E-state index contributed by atoms with van der Waals surface area (Å²) in [7, 11) is 1.58. The summed E-state index contributed by atoms with van der Waals surface area (Å²) in [6, 6.07) is -0.294. The average molecular weight is 295 g/mol. The molecular weight excluding hydrogens is 274 g/mol. The van der Waals surface area contributed by atoms with Crippen LogP contribution in [0.5, 0.6) is 0 Å². The molecule has 0 spiro atoms. The second kappa shape index (κ2) is 7.75. The zero-order valence-corrected chi connectivity index (χ0v) is 12.1. The van der Waals surface area contributed by atoms with Crippen LogP contribution in [-0.2, 0) is 27.3 Å². The first-order valence-corrected chi connectivity index (χ1v) is 6.98. The molecule has 2 amide bonds. The number of aromatic nitrogens is 2. The summed E-state index contributed by atoms with van der Waals surface area (Å²) in [6.45, 7) is 1.89. The molecule has 0 fully saturated rings. The molecule has 0 aliphatic carbocycles. The summed E-state index contributed by atoms with van der Waals surface area (Å²) in [6.07, 6.45) is 2.46. The molecule has 1 aromatic rings. The number of hydrogen-bond acceptors (Lipinski definition) is 5. The molecule has 1 aromatic heterocycles. The van der Waals surface area contributed by atoms with E-state index in [4.69, 9.17) is 4.74 Å². The number of aromatic amines is 1. The maximum absolute atomic E-state index is 12.0. The number of carbonyl (C=O) groups excluding carboxylic acids is 2. The van der Waals surface area contributed by atoms with E-state index in [-0.39, 0.29) is 24.3 Å². The van der Waals surface area contributed by atoms with Crippen LogP contribution in [0, 0.1) is 0 Å². The van der Waals surface area contributed by atoms with Gasteiger partial charge in [-0.3, -0.25) is 14.9 Å². The van der Waals surface area contributed by atoms with E-state index in [1.54, 1.807) is 13.4 Å². The molecule has 1 aliphatic rings. The van der Waals surface area contributed by atoms with Crippen LogP contribution in [0.4, 0.5) is 0 Å². The number of rotatable bonds is 7. The van der Waals surface area contributed by atoms with E-state index in [1.165, 1.54) is 0 Å². The van der Waals surface area contributed by atoms with Crippen molar-refractivity contribution in [2.75, 3.05) is 26.8 Å². The lowest BCUT2D eigenvalue weighted by Crippen LogP contribution is -2.48. The minimum absolute atomic E-state index is 0.0986. The van der Waals surface area contributed by atoms with Crippen LogP contribution in [0.2, 0.25) is 0 Å². The highest BCUT2D eigenvalue weighted by Crippen LogP contribution is 2.11. The Labute approximate surface area is 123 Å². The molecule has 2 heterocycles. The normalized spacial score (nSPS) is 17.1. The molecule has 0 bridgehead atoms. The number of imidazole rings is 1. The molecular formula is C13H21N5O3. The van der Waals surface area contributed by atoms with Crippen molar-refractivity contribution < 1.29 is 14.3 Å².